The Morgan fingerprint density at radius 1 is 1.13 bits per heavy atom. The molecular weight excluding hydrogens is 396 g/mol. The maximum absolute atomic E-state index is 12.3. The summed E-state index contributed by atoms with van der Waals surface area (Å²) in [6.45, 7) is 1.85. The summed E-state index contributed by atoms with van der Waals surface area (Å²) in [4.78, 5) is 25.2. The van der Waals surface area contributed by atoms with Crippen molar-refractivity contribution in [2.75, 3.05) is 32.6 Å². The number of hydrogen-bond acceptors (Lipinski definition) is 5. The Morgan fingerprint density at radius 2 is 1.90 bits per heavy atom. The topological polar surface area (TPSA) is 96.7 Å². The molecule has 0 aliphatic heterocycles. The fourth-order valence-electron chi connectivity index (χ4n) is 3.05. The molecule has 3 rings (SSSR count). The zero-order chi connectivity index (χ0) is 22.2. The number of carbonyl (C=O) groups is 1. The molecule has 0 spiro atoms. The van der Waals surface area contributed by atoms with Crippen LogP contribution >= 0.6 is 0 Å². The molecule has 8 nitrogen and oxygen atoms in total. The summed E-state index contributed by atoms with van der Waals surface area (Å²) in [6.07, 6.45) is -0.190. The third kappa shape index (κ3) is 6.68. The minimum Gasteiger partial charge on any atom is -0.494 e. The first kappa shape index (κ1) is 22.0. The number of ether oxygens (including phenoxy) is 1. The molecule has 31 heavy (non-hydrogen) atoms. The van der Waals surface area contributed by atoms with Crippen LogP contribution in [0.25, 0.3) is 11.3 Å². The first-order valence-corrected chi connectivity index (χ1v) is 9.96. The van der Waals surface area contributed by atoms with Gasteiger partial charge in [-0.1, -0.05) is 12.1 Å². The van der Waals surface area contributed by atoms with E-state index in [4.69, 9.17) is 9.84 Å². The predicted octanol–water partition coefficient (Wildman–Crippen LogP) is 3.38. The van der Waals surface area contributed by atoms with Crippen LogP contribution in [0.2, 0.25) is 0 Å². The van der Waals surface area contributed by atoms with Gasteiger partial charge in [0.2, 0.25) is 0 Å². The molecule has 0 unspecified atom stereocenters. The Labute approximate surface area is 180 Å². The quantitative estimate of drug-likeness (QED) is 0.513. The number of aromatic nitrogens is 2. The van der Waals surface area contributed by atoms with Crippen molar-refractivity contribution < 1.29 is 14.6 Å². The molecule has 8 heteroatoms. The number of amides is 1. The second-order valence-electron chi connectivity index (χ2n) is 7.37. The average Bonchev–Trinajstić information content (AvgIpc) is 2.73. The van der Waals surface area contributed by atoms with Crippen molar-refractivity contribution in [3.05, 3.63) is 76.6 Å². The Hall–Kier alpha value is -3.65. The highest BCUT2D eigenvalue weighted by molar-refractivity contribution is 5.82. The van der Waals surface area contributed by atoms with Crippen LogP contribution < -0.4 is 15.6 Å². The van der Waals surface area contributed by atoms with E-state index >= 15 is 0 Å². The number of rotatable bonds is 9. The van der Waals surface area contributed by atoms with E-state index in [0.29, 0.717) is 18.0 Å². The van der Waals surface area contributed by atoms with Gasteiger partial charge in [-0.05, 0) is 68.5 Å². The van der Waals surface area contributed by atoms with E-state index in [0.717, 1.165) is 29.8 Å². The fourth-order valence-corrected chi connectivity index (χ4v) is 3.05. The molecule has 0 radical (unpaired) electrons. The van der Waals surface area contributed by atoms with Crippen LogP contribution in [0.5, 0.6) is 5.75 Å². The van der Waals surface area contributed by atoms with Crippen LogP contribution in [0.3, 0.4) is 0 Å². The van der Waals surface area contributed by atoms with Gasteiger partial charge in [-0.2, -0.15) is 5.10 Å². The molecule has 3 aromatic rings. The third-order valence-electron chi connectivity index (χ3n) is 4.55. The van der Waals surface area contributed by atoms with Crippen molar-refractivity contribution >= 4 is 11.8 Å². The zero-order valence-corrected chi connectivity index (χ0v) is 17.6. The Morgan fingerprint density at radius 3 is 2.61 bits per heavy atom. The van der Waals surface area contributed by atoms with E-state index in [-0.39, 0.29) is 12.1 Å². The van der Waals surface area contributed by atoms with Gasteiger partial charge in [-0.3, -0.25) is 10.1 Å². The highest BCUT2D eigenvalue weighted by atomic mass is 16.5. The summed E-state index contributed by atoms with van der Waals surface area (Å²) in [5, 5.41) is 15.6. The van der Waals surface area contributed by atoms with Crippen LogP contribution in [0, 0.1) is 0 Å². The van der Waals surface area contributed by atoms with E-state index in [9.17, 15) is 9.59 Å². The molecule has 0 aliphatic rings. The smallest absolute Gasteiger partial charge is 0.409 e. The molecule has 162 valence electrons. The summed E-state index contributed by atoms with van der Waals surface area (Å²) in [7, 11) is 4.07. The SMILES string of the molecule is CN(C)CCCOc1ccc(-c2ccc(=O)n(Cc3cccc(NC(=O)O)c3)n2)cc1. The highest BCUT2D eigenvalue weighted by Gasteiger charge is 2.06. The van der Waals surface area contributed by atoms with Crippen molar-refractivity contribution in [2.24, 2.45) is 0 Å². The summed E-state index contributed by atoms with van der Waals surface area (Å²) < 4.78 is 7.12. The van der Waals surface area contributed by atoms with Crippen LogP contribution in [0.1, 0.15) is 12.0 Å². The number of carboxylic acid groups (broad SMARTS) is 1. The van der Waals surface area contributed by atoms with Crippen LogP contribution in [-0.4, -0.2) is 53.1 Å². The first-order chi connectivity index (χ1) is 14.9. The second-order valence-corrected chi connectivity index (χ2v) is 7.37. The minimum atomic E-state index is -1.14. The summed E-state index contributed by atoms with van der Waals surface area (Å²) in [5.41, 5.74) is 2.50. The molecule has 0 bridgehead atoms. The van der Waals surface area contributed by atoms with Gasteiger partial charge in [0.25, 0.3) is 5.56 Å². The molecule has 0 aliphatic carbocycles. The molecule has 1 amide bonds. The Balaban J connectivity index is 1.71. The predicted molar refractivity (Wildman–Crippen MR) is 120 cm³/mol. The van der Waals surface area contributed by atoms with Crippen molar-refractivity contribution in [1.29, 1.82) is 0 Å². The number of benzene rings is 2. The number of hydrogen-bond donors (Lipinski definition) is 2. The van der Waals surface area contributed by atoms with Crippen LogP contribution in [-0.2, 0) is 6.54 Å². The monoisotopic (exact) mass is 422 g/mol. The lowest BCUT2D eigenvalue weighted by Crippen LogP contribution is -2.23. The molecular formula is C23H26N4O4. The fraction of sp³-hybridized carbons (Fsp3) is 0.261. The number of nitrogens with zero attached hydrogens (tertiary/aromatic N) is 3. The number of anilines is 1. The molecule has 2 N–H and O–H groups in total. The molecule has 1 aromatic heterocycles. The maximum Gasteiger partial charge on any atom is 0.409 e. The van der Waals surface area contributed by atoms with E-state index in [1.165, 1.54) is 10.7 Å². The molecule has 0 saturated heterocycles. The second kappa shape index (κ2) is 10.4. The molecule has 0 atom stereocenters. The van der Waals surface area contributed by atoms with Gasteiger partial charge in [0.1, 0.15) is 5.75 Å². The largest absolute Gasteiger partial charge is 0.494 e. The van der Waals surface area contributed by atoms with E-state index < -0.39 is 6.09 Å². The lowest BCUT2D eigenvalue weighted by Gasteiger charge is -2.11. The van der Waals surface area contributed by atoms with Crippen LogP contribution in [0.15, 0.2) is 65.5 Å². The summed E-state index contributed by atoms with van der Waals surface area (Å²) >= 11 is 0. The van der Waals surface area contributed by atoms with E-state index in [1.807, 2.05) is 44.4 Å². The normalized spacial score (nSPS) is 10.8. The molecule has 0 saturated carbocycles. The van der Waals surface area contributed by atoms with Gasteiger partial charge < -0.3 is 14.7 Å². The first-order valence-electron chi connectivity index (χ1n) is 9.96. The third-order valence-corrected chi connectivity index (χ3v) is 4.55. The molecule has 1 heterocycles. The summed E-state index contributed by atoms with van der Waals surface area (Å²) in [5.74, 6) is 0.790. The summed E-state index contributed by atoms with van der Waals surface area (Å²) in [6, 6.07) is 17.6. The standard InChI is InChI=1S/C23H26N4O4/c1-26(2)13-4-14-31-20-9-7-18(8-10-20)21-11-12-22(28)27(25-21)16-17-5-3-6-19(15-17)24-23(29)30/h3,5-12,15,24H,4,13-14,16H2,1-2H3,(H,29,30). The van der Waals surface area contributed by atoms with Gasteiger partial charge in [0.05, 0.1) is 18.8 Å². The van der Waals surface area contributed by atoms with Gasteiger partial charge in [0.15, 0.2) is 0 Å². The number of nitrogens with one attached hydrogen (secondary N) is 1. The van der Waals surface area contributed by atoms with Crippen molar-refractivity contribution in [1.82, 2.24) is 14.7 Å². The lowest BCUT2D eigenvalue weighted by atomic mass is 10.1. The van der Waals surface area contributed by atoms with Crippen molar-refractivity contribution in [3.8, 4) is 17.0 Å². The zero-order valence-electron chi connectivity index (χ0n) is 17.6. The van der Waals surface area contributed by atoms with E-state index in [2.05, 4.69) is 15.3 Å². The van der Waals surface area contributed by atoms with Crippen molar-refractivity contribution in [3.63, 3.8) is 0 Å². The van der Waals surface area contributed by atoms with E-state index in [1.54, 1.807) is 24.3 Å². The minimum absolute atomic E-state index is 0.231. The van der Waals surface area contributed by atoms with Crippen LogP contribution in [0.4, 0.5) is 10.5 Å². The van der Waals surface area contributed by atoms with Gasteiger partial charge in [-0.15, -0.1) is 0 Å². The molecule has 2 aromatic carbocycles. The highest BCUT2D eigenvalue weighted by Crippen LogP contribution is 2.20. The van der Waals surface area contributed by atoms with Gasteiger partial charge >= 0.3 is 6.09 Å². The van der Waals surface area contributed by atoms with Gasteiger partial charge in [-0.25, -0.2) is 9.48 Å². The Kier molecular flexibility index (Phi) is 7.40. The lowest BCUT2D eigenvalue weighted by molar-refractivity contribution is 0.209. The average molecular weight is 422 g/mol. The maximum atomic E-state index is 12.3. The van der Waals surface area contributed by atoms with Crippen molar-refractivity contribution in [2.45, 2.75) is 13.0 Å². The van der Waals surface area contributed by atoms with Gasteiger partial charge in [0, 0.05) is 23.9 Å². The Bertz CT molecular complexity index is 1080. The molecule has 0 fully saturated rings.